The van der Waals surface area contributed by atoms with Crippen molar-refractivity contribution >= 4 is 17.2 Å². The van der Waals surface area contributed by atoms with E-state index in [1.807, 2.05) is 6.92 Å². The highest BCUT2D eigenvalue weighted by Gasteiger charge is 2.23. The molecule has 0 saturated carbocycles. The Morgan fingerprint density at radius 1 is 1.60 bits per heavy atom. The quantitative estimate of drug-likeness (QED) is 0.660. The van der Waals surface area contributed by atoms with E-state index in [4.69, 9.17) is 27.8 Å². The Morgan fingerprint density at radius 2 is 2.20 bits per heavy atom. The van der Waals surface area contributed by atoms with Crippen molar-refractivity contribution in [3.8, 4) is 0 Å². The Kier molecular flexibility index (Phi) is 5.45. The van der Waals surface area contributed by atoms with Gasteiger partial charge in [0, 0.05) is 13.1 Å². The first-order chi connectivity index (χ1) is 7.15. The predicted molar refractivity (Wildman–Crippen MR) is 63.9 cm³/mol. The second kappa shape index (κ2) is 6.37. The lowest BCUT2D eigenvalue weighted by Crippen LogP contribution is -2.47. The van der Waals surface area contributed by atoms with Crippen LogP contribution in [0.1, 0.15) is 19.8 Å². The van der Waals surface area contributed by atoms with Gasteiger partial charge in [0.1, 0.15) is 0 Å². The number of ether oxygens (including phenoxy) is 1. The van der Waals surface area contributed by atoms with E-state index in [0.29, 0.717) is 11.6 Å². The largest absolute Gasteiger partial charge is 0.394 e. The molecule has 0 aromatic carbocycles. The molecule has 0 bridgehead atoms. The number of nitrogens with two attached hydrogens (primary N) is 1. The minimum Gasteiger partial charge on any atom is -0.394 e. The van der Waals surface area contributed by atoms with Gasteiger partial charge < -0.3 is 15.6 Å². The molecule has 1 heterocycles. The van der Waals surface area contributed by atoms with Crippen molar-refractivity contribution in [1.29, 1.82) is 0 Å². The number of aliphatic hydroxyl groups excluding tert-OH is 1. The SMILES string of the molecule is CC(C(N)=S)N1CCC(OCCO)CC1. The summed E-state index contributed by atoms with van der Waals surface area (Å²) in [4.78, 5) is 2.84. The molecule has 0 spiro atoms. The number of nitrogens with zero attached hydrogens (tertiary/aromatic N) is 1. The highest BCUT2D eigenvalue weighted by molar-refractivity contribution is 7.80. The Labute approximate surface area is 96.4 Å². The number of hydrogen-bond acceptors (Lipinski definition) is 4. The fourth-order valence-corrected chi connectivity index (χ4v) is 1.98. The zero-order chi connectivity index (χ0) is 11.3. The number of rotatable bonds is 5. The Hall–Kier alpha value is -0.230. The molecule has 1 unspecified atom stereocenters. The van der Waals surface area contributed by atoms with Crippen molar-refractivity contribution in [1.82, 2.24) is 4.90 Å². The second-order valence-corrected chi connectivity index (χ2v) is 4.38. The van der Waals surface area contributed by atoms with Crippen molar-refractivity contribution in [2.45, 2.75) is 31.9 Å². The van der Waals surface area contributed by atoms with Crippen LogP contribution < -0.4 is 5.73 Å². The summed E-state index contributed by atoms with van der Waals surface area (Å²) in [6.45, 7) is 4.51. The van der Waals surface area contributed by atoms with Gasteiger partial charge in [0.05, 0.1) is 30.3 Å². The third-order valence-corrected chi connectivity index (χ3v) is 3.22. The summed E-state index contributed by atoms with van der Waals surface area (Å²) in [5, 5.41) is 8.64. The van der Waals surface area contributed by atoms with Gasteiger partial charge in [-0.15, -0.1) is 0 Å². The topological polar surface area (TPSA) is 58.7 Å². The maximum Gasteiger partial charge on any atom is 0.0899 e. The van der Waals surface area contributed by atoms with Crippen LogP contribution in [0.2, 0.25) is 0 Å². The first kappa shape index (κ1) is 12.8. The van der Waals surface area contributed by atoms with E-state index in [-0.39, 0.29) is 18.8 Å². The van der Waals surface area contributed by atoms with E-state index < -0.39 is 0 Å². The minimum atomic E-state index is 0.101. The number of piperidine rings is 1. The summed E-state index contributed by atoms with van der Waals surface area (Å²) in [5.74, 6) is 0. The van der Waals surface area contributed by atoms with Gasteiger partial charge in [-0.3, -0.25) is 4.90 Å². The fraction of sp³-hybridized carbons (Fsp3) is 0.900. The summed E-state index contributed by atoms with van der Waals surface area (Å²) in [5.41, 5.74) is 5.61. The number of likely N-dealkylation sites (tertiary alicyclic amines) is 1. The first-order valence-electron chi connectivity index (χ1n) is 5.41. The molecule has 1 saturated heterocycles. The highest BCUT2D eigenvalue weighted by Crippen LogP contribution is 2.15. The molecule has 1 aliphatic heterocycles. The predicted octanol–water partition coefficient (Wildman–Crippen LogP) is 0.134. The van der Waals surface area contributed by atoms with Crippen LogP contribution in [0, 0.1) is 0 Å². The fourth-order valence-electron chi connectivity index (χ4n) is 1.83. The first-order valence-corrected chi connectivity index (χ1v) is 5.81. The van der Waals surface area contributed by atoms with Crippen LogP contribution in [0.15, 0.2) is 0 Å². The molecule has 1 atom stereocenters. The zero-order valence-electron chi connectivity index (χ0n) is 9.19. The maximum absolute atomic E-state index is 8.64. The van der Waals surface area contributed by atoms with Crippen LogP contribution in [0.5, 0.6) is 0 Å². The summed E-state index contributed by atoms with van der Waals surface area (Å²) in [7, 11) is 0. The van der Waals surface area contributed by atoms with E-state index in [1.54, 1.807) is 0 Å². The van der Waals surface area contributed by atoms with Crippen molar-refractivity contribution in [3.63, 3.8) is 0 Å². The minimum absolute atomic E-state index is 0.101. The molecule has 0 aromatic rings. The van der Waals surface area contributed by atoms with Crippen molar-refractivity contribution in [2.24, 2.45) is 5.73 Å². The van der Waals surface area contributed by atoms with Gasteiger partial charge in [-0.05, 0) is 19.8 Å². The lowest BCUT2D eigenvalue weighted by atomic mass is 10.1. The van der Waals surface area contributed by atoms with Crippen LogP contribution in [-0.2, 0) is 4.74 Å². The lowest BCUT2D eigenvalue weighted by molar-refractivity contribution is -0.00971. The van der Waals surface area contributed by atoms with Crippen molar-refractivity contribution < 1.29 is 9.84 Å². The van der Waals surface area contributed by atoms with E-state index in [1.165, 1.54) is 0 Å². The molecule has 1 rings (SSSR count). The summed E-state index contributed by atoms with van der Waals surface area (Å²) >= 11 is 4.97. The van der Waals surface area contributed by atoms with Gasteiger partial charge in [0.25, 0.3) is 0 Å². The molecule has 88 valence electrons. The highest BCUT2D eigenvalue weighted by atomic mass is 32.1. The van der Waals surface area contributed by atoms with E-state index >= 15 is 0 Å². The molecular formula is C10H20N2O2S. The van der Waals surface area contributed by atoms with Crippen LogP contribution in [0.4, 0.5) is 0 Å². The second-order valence-electron chi connectivity index (χ2n) is 3.91. The number of hydrogen-bond donors (Lipinski definition) is 2. The Balaban J connectivity index is 2.26. The average Bonchev–Trinajstić information content (AvgIpc) is 2.26. The molecule has 0 amide bonds. The van der Waals surface area contributed by atoms with Gasteiger partial charge in [0.2, 0.25) is 0 Å². The van der Waals surface area contributed by atoms with Crippen LogP contribution in [-0.4, -0.2) is 53.4 Å². The molecule has 0 aliphatic carbocycles. The number of aliphatic hydroxyl groups is 1. The van der Waals surface area contributed by atoms with Gasteiger partial charge in [-0.25, -0.2) is 0 Å². The molecule has 4 nitrogen and oxygen atoms in total. The van der Waals surface area contributed by atoms with Gasteiger partial charge >= 0.3 is 0 Å². The van der Waals surface area contributed by atoms with E-state index in [2.05, 4.69) is 4.90 Å². The lowest BCUT2D eigenvalue weighted by Gasteiger charge is -2.35. The monoisotopic (exact) mass is 232 g/mol. The number of thiocarbonyl (C=S) groups is 1. The molecule has 15 heavy (non-hydrogen) atoms. The van der Waals surface area contributed by atoms with Gasteiger partial charge in [-0.1, -0.05) is 12.2 Å². The third-order valence-electron chi connectivity index (χ3n) is 2.88. The molecule has 3 N–H and O–H groups in total. The van der Waals surface area contributed by atoms with E-state index in [0.717, 1.165) is 25.9 Å². The van der Waals surface area contributed by atoms with Gasteiger partial charge in [0.15, 0.2) is 0 Å². The maximum atomic E-state index is 8.64. The smallest absolute Gasteiger partial charge is 0.0899 e. The molecule has 0 radical (unpaired) electrons. The zero-order valence-corrected chi connectivity index (χ0v) is 10.0. The third kappa shape index (κ3) is 4.03. The molecule has 1 aliphatic rings. The normalized spacial score (nSPS) is 21.5. The Morgan fingerprint density at radius 3 is 2.67 bits per heavy atom. The Bertz CT molecular complexity index is 206. The summed E-state index contributed by atoms with van der Waals surface area (Å²) in [6, 6.07) is 0.179. The standard InChI is InChI=1S/C10H20N2O2S/c1-8(10(11)15)12-4-2-9(3-5-12)14-7-6-13/h8-9,13H,2-7H2,1H3,(H2,11,15). The van der Waals surface area contributed by atoms with E-state index in [9.17, 15) is 0 Å². The van der Waals surface area contributed by atoms with Crippen molar-refractivity contribution in [2.75, 3.05) is 26.3 Å². The van der Waals surface area contributed by atoms with Crippen LogP contribution in [0.3, 0.4) is 0 Å². The molecule has 0 aromatic heterocycles. The van der Waals surface area contributed by atoms with Crippen LogP contribution in [0.25, 0.3) is 0 Å². The summed E-state index contributed by atoms with van der Waals surface area (Å²) in [6.07, 6.45) is 2.27. The summed E-state index contributed by atoms with van der Waals surface area (Å²) < 4.78 is 5.48. The van der Waals surface area contributed by atoms with Gasteiger partial charge in [-0.2, -0.15) is 0 Å². The van der Waals surface area contributed by atoms with Crippen molar-refractivity contribution in [3.05, 3.63) is 0 Å². The van der Waals surface area contributed by atoms with Crippen LogP contribution >= 0.6 is 12.2 Å². The molecule has 5 heteroatoms. The molecular weight excluding hydrogens is 212 g/mol. The average molecular weight is 232 g/mol. The molecule has 1 fully saturated rings.